The van der Waals surface area contributed by atoms with Gasteiger partial charge in [0.2, 0.25) is 0 Å². The molecule has 0 N–H and O–H groups in total. The molecule has 0 saturated carbocycles. The summed E-state index contributed by atoms with van der Waals surface area (Å²) >= 11 is 0. The van der Waals surface area contributed by atoms with Crippen LogP contribution in [0.4, 0.5) is 0 Å². The van der Waals surface area contributed by atoms with E-state index in [0.29, 0.717) is 0 Å². The van der Waals surface area contributed by atoms with Gasteiger partial charge in [0.15, 0.2) is 0 Å². The maximum atomic E-state index is 5.75. The summed E-state index contributed by atoms with van der Waals surface area (Å²) in [6.07, 6.45) is 8.32. The lowest BCUT2D eigenvalue weighted by molar-refractivity contribution is 0.00270. The number of unbranched alkanes of at least 4 members (excludes halogenated alkanes) is 1. The van der Waals surface area contributed by atoms with Gasteiger partial charge in [-0.3, -0.25) is 0 Å². The van der Waals surface area contributed by atoms with Crippen molar-refractivity contribution < 1.29 is 9.47 Å². The van der Waals surface area contributed by atoms with E-state index in [1.54, 1.807) is 0 Å². The van der Waals surface area contributed by atoms with Gasteiger partial charge in [0.05, 0.1) is 12.9 Å². The highest BCUT2D eigenvalue weighted by Gasteiger charge is 2.22. The molecular formula is C14H26O2. The second kappa shape index (κ2) is 7.72. The van der Waals surface area contributed by atoms with Crippen molar-refractivity contribution in [3.05, 3.63) is 11.8 Å². The molecule has 1 aliphatic heterocycles. The van der Waals surface area contributed by atoms with Crippen molar-refractivity contribution in [1.82, 2.24) is 0 Å². The summed E-state index contributed by atoms with van der Waals surface area (Å²) in [5, 5.41) is 0. The third-order valence-electron chi connectivity index (χ3n) is 3.37. The monoisotopic (exact) mass is 226 g/mol. The molecule has 1 rings (SSSR count). The Morgan fingerprint density at radius 1 is 1.38 bits per heavy atom. The highest BCUT2D eigenvalue weighted by atomic mass is 16.5. The van der Waals surface area contributed by atoms with Crippen LogP contribution in [0.5, 0.6) is 0 Å². The van der Waals surface area contributed by atoms with Crippen molar-refractivity contribution >= 4 is 0 Å². The van der Waals surface area contributed by atoms with E-state index in [2.05, 4.69) is 20.8 Å². The van der Waals surface area contributed by atoms with Crippen molar-refractivity contribution in [2.45, 2.75) is 59.0 Å². The molecular weight excluding hydrogens is 200 g/mol. The Hall–Kier alpha value is -0.500. The predicted molar refractivity (Wildman–Crippen MR) is 67.4 cm³/mol. The van der Waals surface area contributed by atoms with Crippen LogP contribution in [0.15, 0.2) is 11.8 Å². The normalized spacial score (nSPS) is 20.9. The smallest absolute Gasteiger partial charge is 0.145 e. The molecule has 0 amide bonds. The van der Waals surface area contributed by atoms with E-state index in [1.165, 1.54) is 31.3 Å². The minimum atomic E-state index is 0.244. The van der Waals surface area contributed by atoms with Crippen molar-refractivity contribution in [2.75, 3.05) is 13.2 Å². The largest absolute Gasteiger partial charge is 0.491 e. The Morgan fingerprint density at radius 3 is 2.69 bits per heavy atom. The molecule has 94 valence electrons. The van der Waals surface area contributed by atoms with Crippen LogP contribution in [-0.4, -0.2) is 19.3 Å². The second-order valence-electron chi connectivity index (χ2n) is 4.63. The number of hydrogen-bond acceptors (Lipinski definition) is 2. The molecule has 0 radical (unpaired) electrons. The Bertz CT molecular complexity index is 211. The van der Waals surface area contributed by atoms with Crippen LogP contribution in [0.2, 0.25) is 0 Å². The maximum Gasteiger partial charge on any atom is 0.145 e. The first-order chi connectivity index (χ1) is 7.81. The molecule has 2 heteroatoms. The van der Waals surface area contributed by atoms with Crippen molar-refractivity contribution in [3.63, 3.8) is 0 Å². The van der Waals surface area contributed by atoms with Gasteiger partial charge in [-0.1, -0.05) is 40.0 Å². The van der Waals surface area contributed by atoms with Gasteiger partial charge in [-0.05, 0) is 18.8 Å². The molecule has 0 spiro atoms. The molecule has 0 aromatic carbocycles. The zero-order valence-corrected chi connectivity index (χ0v) is 11.0. The third-order valence-corrected chi connectivity index (χ3v) is 3.37. The van der Waals surface area contributed by atoms with E-state index >= 15 is 0 Å². The number of rotatable bonds is 9. The molecule has 16 heavy (non-hydrogen) atoms. The second-order valence-corrected chi connectivity index (χ2v) is 4.63. The molecule has 1 heterocycles. The molecule has 2 nitrogen and oxygen atoms in total. The van der Waals surface area contributed by atoms with E-state index in [4.69, 9.17) is 9.47 Å². The van der Waals surface area contributed by atoms with Crippen LogP contribution >= 0.6 is 0 Å². The molecule has 1 aliphatic rings. The number of hydrogen-bond donors (Lipinski definition) is 0. The Labute approximate surface area is 100 Å². The topological polar surface area (TPSA) is 18.5 Å². The molecule has 2 atom stereocenters. The Balaban J connectivity index is 2.07. The van der Waals surface area contributed by atoms with Crippen LogP contribution < -0.4 is 0 Å². The van der Waals surface area contributed by atoms with Crippen LogP contribution in [0.1, 0.15) is 52.9 Å². The molecule has 0 saturated heterocycles. The summed E-state index contributed by atoms with van der Waals surface area (Å²) < 4.78 is 11.1. The third kappa shape index (κ3) is 4.17. The fourth-order valence-electron chi connectivity index (χ4n) is 1.96. The lowest BCUT2D eigenvalue weighted by atomic mass is 10.0. The number of ether oxygens (including phenoxy) is 2. The van der Waals surface area contributed by atoms with E-state index < -0.39 is 0 Å². The lowest BCUT2D eigenvalue weighted by Crippen LogP contribution is -2.28. The Morgan fingerprint density at radius 2 is 2.19 bits per heavy atom. The van der Waals surface area contributed by atoms with Crippen molar-refractivity contribution in [3.8, 4) is 0 Å². The minimum Gasteiger partial charge on any atom is -0.491 e. The fraction of sp³-hybridized carbons (Fsp3) is 0.857. The summed E-state index contributed by atoms with van der Waals surface area (Å²) in [5.74, 6) is 0.731. The molecule has 0 aromatic rings. The summed E-state index contributed by atoms with van der Waals surface area (Å²) in [6.45, 7) is 8.29. The van der Waals surface area contributed by atoms with Gasteiger partial charge in [-0.2, -0.15) is 0 Å². The maximum absolute atomic E-state index is 5.75. The van der Waals surface area contributed by atoms with E-state index in [9.17, 15) is 0 Å². The van der Waals surface area contributed by atoms with Gasteiger partial charge in [-0.25, -0.2) is 0 Å². The average Bonchev–Trinajstić information content (AvgIpc) is 2.27. The highest BCUT2D eigenvalue weighted by molar-refractivity contribution is 5.12. The van der Waals surface area contributed by atoms with Crippen LogP contribution in [-0.2, 0) is 9.47 Å². The zero-order chi connectivity index (χ0) is 11.8. The quantitative estimate of drug-likeness (QED) is 0.593. The first-order valence-electron chi connectivity index (χ1n) is 6.73. The molecule has 0 bridgehead atoms. The first-order valence-corrected chi connectivity index (χ1v) is 6.73. The van der Waals surface area contributed by atoms with Gasteiger partial charge in [-0.15, -0.1) is 0 Å². The van der Waals surface area contributed by atoms with Gasteiger partial charge < -0.3 is 9.47 Å². The summed E-state index contributed by atoms with van der Waals surface area (Å²) in [7, 11) is 0. The Kier molecular flexibility index (Phi) is 6.55. The highest BCUT2D eigenvalue weighted by Crippen LogP contribution is 2.22. The fourth-order valence-corrected chi connectivity index (χ4v) is 1.96. The summed E-state index contributed by atoms with van der Waals surface area (Å²) in [4.78, 5) is 0. The SMILES string of the molecule is CCCCC(CC)COCC1OC=C1CC. The van der Waals surface area contributed by atoms with Crippen molar-refractivity contribution in [1.29, 1.82) is 0 Å². The van der Waals surface area contributed by atoms with E-state index in [1.807, 2.05) is 6.26 Å². The van der Waals surface area contributed by atoms with Gasteiger partial charge in [0, 0.05) is 12.2 Å². The van der Waals surface area contributed by atoms with Gasteiger partial charge in [0.25, 0.3) is 0 Å². The molecule has 0 aliphatic carbocycles. The minimum absolute atomic E-state index is 0.244. The van der Waals surface area contributed by atoms with Gasteiger partial charge >= 0.3 is 0 Å². The summed E-state index contributed by atoms with van der Waals surface area (Å²) in [5.41, 5.74) is 1.39. The summed E-state index contributed by atoms with van der Waals surface area (Å²) in [6, 6.07) is 0. The average molecular weight is 226 g/mol. The van der Waals surface area contributed by atoms with Crippen LogP contribution in [0.3, 0.4) is 0 Å². The van der Waals surface area contributed by atoms with Crippen LogP contribution in [0, 0.1) is 5.92 Å². The predicted octanol–water partition coefficient (Wildman–Crippen LogP) is 3.91. The molecule has 2 unspecified atom stereocenters. The molecule has 0 aromatic heterocycles. The first kappa shape index (κ1) is 13.6. The standard InChI is InChI=1S/C14H26O2/c1-4-7-8-12(5-2)9-15-11-14-13(6-3)10-16-14/h10,12,14H,4-9,11H2,1-3H3. The van der Waals surface area contributed by atoms with Gasteiger partial charge in [0.1, 0.15) is 6.10 Å². The molecule has 0 fully saturated rings. The van der Waals surface area contributed by atoms with Crippen molar-refractivity contribution in [2.24, 2.45) is 5.92 Å². The van der Waals surface area contributed by atoms with E-state index in [-0.39, 0.29) is 6.10 Å². The van der Waals surface area contributed by atoms with Crippen LogP contribution in [0.25, 0.3) is 0 Å². The van der Waals surface area contributed by atoms with E-state index in [0.717, 1.165) is 25.6 Å². The lowest BCUT2D eigenvalue weighted by Gasteiger charge is -2.27. The zero-order valence-electron chi connectivity index (χ0n) is 11.0.